The predicted molar refractivity (Wildman–Crippen MR) is 72.6 cm³/mol. The number of hydrogen-bond acceptors (Lipinski definition) is 3. The van der Waals surface area contributed by atoms with Crippen molar-refractivity contribution in [1.82, 2.24) is 4.90 Å². The van der Waals surface area contributed by atoms with Gasteiger partial charge in [0.15, 0.2) is 5.78 Å². The minimum atomic E-state index is -0.930. The van der Waals surface area contributed by atoms with Crippen molar-refractivity contribution in [3.63, 3.8) is 0 Å². The molecular weight excluding hydrogens is 282 g/mol. The Morgan fingerprint density at radius 3 is 2.70 bits per heavy atom. The number of benzene rings is 1. The van der Waals surface area contributed by atoms with Crippen LogP contribution in [0.5, 0.6) is 5.75 Å². The average Bonchev–Trinajstić information content (AvgIpc) is 2.41. The third-order valence-corrected chi connectivity index (χ3v) is 4.31. The molecule has 1 amide bonds. The van der Waals surface area contributed by atoms with Crippen LogP contribution in [0.25, 0.3) is 0 Å². The second kappa shape index (κ2) is 4.66. The van der Waals surface area contributed by atoms with Crippen molar-refractivity contribution in [1.29, 1.82) is 0 Å². The summed E-state index contributed by atoms with van der Waals surface area (Å²) in [7, 11) is 0. The van der Waals surface area contributed by atoms with Crippen LogP contribution < -0.4 is 4.74 Å². The van der Waals surface area contributed by atoms with Gasteiger partial charge in [-0.3, -0.25) is 4.79 Å². The van der Waals surface area contributed by atoms with Crippen LogP contribution in [0.15, 0.2) is 18.2 Å². The van der Waals surface area contributed by atoms with Crippen molar-refractivity contribution >= 4 is 23.5 Å². The van der Waals surface area contributed by atoms with Gasteiger partial charge in [0.1, 0.15) is 11.4 Å². The highest BCUT2D eigenvalue weighted by Crippen LogP contribution is 2.42. The molecule has 0 aromatic heterocycles. The minimum absolute atomic E-state index is 0.0116. The van der Waals surface area contributed by atoms with Crippen molar-refractivity contribution in [2.75, 3.05) is 13.1 Å². The Labute approximate surface area is 121 Å². The highest BCUT2D eigenvalue weighted by molar-refractivity contribution is 6.32. The molecule has 2 heterocycles. The van der Waals surface area contributed by atoms with E-state index in [9.17, 15) is 9.59 Å². The van der Waals surface area contributed by atoms with E-state index in [4.69, 9.17) is 21.4 Å². The zero-order chi connectivity index (χ0) is 14.3. The smallest absolute Gasteiger partial charge is 0.407 e. The fraction of sp³-hybridized carbons (Fsp3) is 0.429. The van der Waals surface area contributed by atoms with Crippen molar-refractivity contribution in [3.05, 3.63) is 28.8 Å². The van der Waals surface area contributed by atoms with Crippen LogP contribution >= 0.6 is 11.6 Å². The Morgan fingerprint density at radius 2 is 2.05 bits per heavy atom. The molecular formula is C14H14ClNO4. The number of fused-ring (bicyclic) bond motifs is 1. The van der Waals surface area contributed by atoms with E-state index in [0.29, 0.717) is 42.3 Å². The van der Waals surface area contributed by atoms with Crippen molar-refractivity contribution in [2.24, 2.45) is 0 Å². The molecule has 0 radical (unpaired) electrons. The zero-order valence-corrected chi connectivity index (χ0v) is 11.5. The number of likely N-dealkylation sites (tertiary alicyclic amines) is 1. The van der Waals surface area contributed by atoms with Gasteiger partial charge in [-0.2, -0.15) is 0 Å². The summed E-state index contributed by atoms with van der Waals surface area (Å²) in [5.74, 6) is 0.451. The molecule has 1 N–H and O–H groups in total. The molecule has 0 atom stereocenters. The van der Waals surface area contributed by atoms with Gasteiger partial charge in [-0.05, 0) is 12.1 Å². The number of halogens is 1. The SMILES string of the molecule is O=C1CC2(CCN(C(=O)O)CC2)Oc2c(Cl)cccc21. The number of ether oxygens (including phenoxy) is 1. The normalized spacial score (nSPS) is 20.4. The van der Waals surface area contributed by atoms with Gasteiger partial charge < -0.3 is 14.7 Å². The van der Waals surface area contributed by atoms with E-state index >= 15 is 0 Å². The van der Waals surface area contributed by atoms with Gasteiger partial charge >= 0.3 is 6.09 Å². The van der Waals surface area contributed by atoms with Crippen LogP contribution in [-0.2, 0) is 0 Å². The van der Waals surface area contributed by atoms with Gasteiger partial charge in [0.2, 0.25) is 0 Å². The van der Waals surface area contributed by atoms with Gasteiger partial charge in [-0.15, -0.1) is 0 Å². The van der Waals surface area contributed by atoms with E-state index < -0.39 is 11.7 Å². The zero-order valence-electron chi connectivity index (χ0n) is 10.8. The number of para-hydroxylation sites is 1. The first-order valence-corrected chi connectivity index (χ1v) is 6.87. The molecule has 0 bridgehead atoms. The van der Waals surface area contributed by atoms with Crippen LogP contribution in [0, 0.1) is 0 Å². The molecule has 6 heteroatoms. The molecule has 2 aliphatic heterocycles. The summed E-state index contributed by atoms with van der Waals surface area (Å²) in [5, 5.41) is 9.40. The van der Waals surface area contributed by atoms with Crippen molar-refractivity contribution in [2.45, 2.75) is 24.9 Å². The lowest BCUT2D eigenvalue weighted by Gasteiger charge is -2.43. The maximum Gasteiger partial charge on any atom is 0.407 e. The molecule has 5 nitrogen and oxygen atoms in total. The molecule has 2 aliphatic rings. The molecule has 1 aromatic rings. The Bertz CT molecular complexity index is 579. The number of rotatable bonds is 0. The monoisotopic (exact) mass is 295 g/mol. The average molecular weight is 296 g/mol. The number of piperidine rings is 1. The molecule has 0 aliphatic carbocycles. The predicted octanol–water partition coefficient (Wildman–Crippen LogP) is 2.82. The number of amides is 1. The summed E-state index contributed by atoms with van der Waals surface area (Å²) in [6, 6.07) is 5.13. The Hall–Kier alpha value is -1.75. The summed E-state index contributed by atoms with van der Waals surface area (Å²) in [6.07, 6.45) is 0.375. The van der Waals surface area contributed by atoms with E-state index in [-0.39, 0.29) is 12.2 Å². The molecule has 20 heavy (non-hydrogen) atoms. The van der Waals surface area contributed by atoms with Crippen LogP contribution in [0.1, 0.15) is 29.6 Å². The van der Waals surface area contributed by atoms with Gasteiger partial charge in [-0.25, -0.2) is 4.79 Å². The van der Waals surface area contributed by atoms with Crippen LogP contribution in [0.3, 0.4) is 0 Å². The molecule has 106 valence electrons. The number of ketones is 1. The molecule has 1 fully saturated rings. The summed E-state index contributed by atoms with van der Waals surface area (Å²) in [4.78, 5) is 24.5. The summed E-state index contributed by atoms with van der Waals surface area (Å²) in [5.41, 5.74) is -0.0927. The summed E-state index contributed by atoms with van der Waals surface area (Å²) in [6.45, 7) is 0.755. The Balaban J connectivity index is 1.87. The summed E-state index contributed by atoms with van der Waals surface area (Å²) >= 11 is 6.11. The van der Waals surface area contributed by atoms with Crippen LogP contribution in [-0.4, -0.2) is 40.6 Å². The lowest BCUT2D eigenvalue weighted by Crippen LogP contribution is -2.52. The first kappa shape index (κ1) is 13.2. The van der Waals surface area contributed by atoms with Gasteiger partial charge in [0.25, 0.3) is 0 Å². The van der Waals surface area contributed by atoms with Crippen LogP contribution in [0.4, 0.5) is 4.79 Å². The standard InChI is InChI=1S/C14H14ClNO4/c15-10-3-1-2-9-11(17)8-14(20-12(9)10)4-6-16(7-5-14)13(18)19/h1-3H,4-8H2,(H,18,19). The van der Waals surface area contributed by atoms with E-state index in [1.54, 1.807) is 18.2 Å². The topological polar surface area (TPSA) is 66.8 Å². The van der Waals surface area contributed by atoms with Gasteiger partial charge in [0, 0.05) is 25.9 Å². The first-order chi connectivity index (χ1) is 9.51. The fourth-order valence-electron chi connectivity index (χ4n) is 2.86. The van der Waals surface area contributed by atoms with E-state index in [1.807, 2.05) is 0 Å². The quantitative estimate of drug-likeness (QED) is 0.799. The first-order valence-electron chi connectivity index (χ1n) is 6.49. The molecule has 0 unspecified atom stereocenters. The van der Waals surface area contributed by atoms with Crippen molar-refractivity contribution < 1.29 is 19.4 Å². The number of nitrogens with zero attached hydrogens (tertiary/aromatic N) is 1. The maximum absolute atomic E-state index is 12.3. The van der Waals surface area contributed by atoms with E-state index in [2.05, 4.69) is 0 Å². The minimum Gasteiger partial charge on any atom is -0.484 e. The van der Waals surface area contributed by atoms with E-state index in [0.717, 1.165) is 0 Å². The van der Waals surface area contributed by atoms with Crippen molar-refractivity contribution in [3.8, 4) is 5.75 Å². The highest BCUT2D eigenvalue weighted by Gasteiger charge is 2.44. The fourth-order valence-corrected chi connectivity index (χ4v) is 3.07. The molecule has 1 aromatic carbocycles. The number of carbonyl (C=O) groups excluding carboxylic acids is 1. The second-order valence-electron chi connectivity index (χ2n) is 5.27. The number of Topliss-reactive ketones (excluding diaryl/α,β-unsaturated/α-hetero) is 1. The summed E-state index contributed by atoms with van der Waals surface area (Å²) < 4.78 is 6.02. The second-order valence-corrected chi connectivity index (χ2v) is 5.68. The molecule has 0 saturated carbocycles. The molecule has 1 saturated heterocycles. The third-order valence-electron chi connectivity index (χ3n) is 4.01. The Morgan fingerprint density at radius 1 is 1.35 bits per heavy atom. The van der Waals surface area contributed by atoms with Gasteiger partial charge in [0.05, 0.1) is 17.0 Å². The number of carbonyl (C=O) groups is 2. The Kier molecular flexibility index (Phi) is 3.09. The number of carboxylic acid groups (broad SMARTS) is 1. The van der Waals surface area contributed by atoms with E-state index in [1.165, 1.54) is 4.90 Å². The lowest BCUT2D eigenvalue weighted by molar-refractivity contribution is -0.00513. The number of hydrogen-bond donors (Lipinski definition) is 1. The molecule has 3 rings (SSSR count). The highest BCUT2D eigenvalue weighted by atomic mass is 35.5. The molecule has 1 spiro atoms. The maximum atomic E-state index is 12.3. The van der Waals surface area contributed by atoms with Crippen LogP contribution in [0.2, 0.25) is 5.02 Å². The third kappa shape index (κ3) is 2.12. The largest absolute Gasteiger partial charge is 0.484 e. The van der Waals surface area contributed by atoms with Gasteiger partial charge in [-0.1, -0.05) is 17.7 Å². The lowest BCUT2D eigenvalue weighted by atomic mass is 9.82.